The Morgan fingerprint density at radius 1 is 1.24 bits per heavy atom. The smallest absolute Gasteiger partial charge is 0.326 e. The molecule has 5 heteroatoms. The SMILES string of the molecule is CC[C@@H](C(=O)O)N1Cc2ccc(-c3coc4ccccc34)cc2C1=O. The van der Waals surface area contributed by atoms with Crippen molar-refractivity contribution in [3.05, 3.63) is 59.9 Å². The predicted molar refractivity (Wildman–Crippen MR) is 93.2 cm³/mol. The molecule has 1 aromatic heterocycles. The Kier molecular flexibility index (Phi) is 3.57. The van der Waals surface area contributed by atoms with Crippen molar-refractivity contribution < 1.29 is 19.1 Å². The molecule has 0 saturated heterocycles. The van der Waals surface area contributed by atoms with Gasteiger partial charge in [0.05, 0.1) is 6.26 Å². The summed E-state index contributed by atoms with van der Waals surface area (Å²) in [6.45, 7) is 2.11. The van der Waals surface area contributed by atoms with Gasteiger partial charge in [0.25, 0.3) is 5.91 Å². The molecule has 3 aromatic rings. The fourth-order valence-corrected chi connectivity index (χ4v) is 3.47. The molecule has 0 saturated carbocycles. The zero-order valence-electron chi connectivity index (χ0n) is 13.7. The standard InChI is InChI=1S/C20H17NO4/c1-2-17(20(23)24)21-10-13-8-7-12(9-15(13)19(21)22)16-11-25-18-6-4-3-5-14(16)18/h3-9,11,17H,2,10H2,1H3,(H,23,24)/t17-/m0/s1. The van der Waals surface area contributed by atoms with Crippen molar-refractivity contribution in [2.75, 3.05) is 0 Å². The quantitative estimate of drug-likeness (QED) is 0.784. The van der Waals surface area contributed by atoms with E-state index >= 15 is 0 Å². The van der Waals surface area contributed by atoms with Gasteiger partial charge in [-0.15, -0.1) is 0 Å². The van der Waals surface area contributed by atoms with E-state index in [9.17, 15) is 14.7 Å². The van der Waals surface area contributed by atoms with E-state index in [0.29, 0.717) is 18.5 Å². The van der Waals surface area contributed by atoms with Gasteiger partial charge >= 0.3 is 5.97 Å². The largest absolute Gasteiger partial charge is 0.480 e. The number of hydrogen-bond donors (Lipinski definition) is 1. The maximum Gasteiger partial charge on any atom is 0.326 e. The topological polar surface area (TPSA) is 70.8 Å². The summed E-state index contributed by atoms with van der Waals surface area (Å²) in [4.78, 5) is 25.6. The van der Waals surface area contributed by atoms with Crippen LogP contribution in [0.1, 0.15) is 29.3 Å². The summed E-state index contributed by atoms with van der Waals surface area (Å²) >= 11 is 0. The van der Waals surface area contributed by atoms with Gasteiger partial charge in [0.15, 0.2) is 0 Å². The lowest BCUT2D eigenvalue weighted by molar-refractivity contribution is -0.142. The number of rotatable bonds is 4. The van der Waals surface area contributed by atoms with Crippen LogP contribution in [0.5, 0.6) is 0 Å². The molecule has 0 aliphatic carbocycles. The Labute approximate surface area is 144 Å². The molecule has 5 nitrogen and oxygen atoms in total. The molecule has 4 rings (SSSR count). The molecule has 1 aliphatic heterocycles. The number of amides is 1. The van der Waals surface area contributed by atoms with Crippen LogP contribution >= 0.6 is 0 Å². The average molecular weight is 335 g/mol. The molecule has 0 unspecified atom stereocenters. The number of nitrogens with zero attached hydrogens (tertiary/aromatic N) is 1. The van der Waals surface area contributed by atoms with Crippen molar-refractivity contribution in [3.63, 3.8) is 0 Å². The first-order chi connectivity index (χ1) is 12.1. The van der Waals surface area contributed by atoms with Crippen LogP contribution in [0.25, 0.3) is 22.1 Å². The minimum absolute atomic E-state index is 0.223. The Hall–Kier alpha value is -3.08. The van der Waals surface area contributed by atoms with Crippen molar-refractivity contribution in [2.45, 2.75) is 25.9 Å². The van der Waals surface area contributed by atoms with Gasteiger partial charge in [-0.3, -0.25) is 4.79 Å². The third-order valence-corrected chi connectivity index (χ3v) is 4.78. The number of carboxylic acid groups (broad SMARTS) is 1. The van der Waals surface area contributed by atoms with Crippen LogP contribution in [0.15, 0.2) is 53.1 Å². The molecule has 0 fully saturated rings. The van der Waals surface area contributed by atoms with Crippen LogP contribution in [-0.2, 0) is 11.3 Å². The Bertz CT molecular complexity index is 988. The summed E-state index contributed by atoms with van der Waals surface area (Å²) in [6.07, 6.45) is 2.07. The molecule has 0 spiro atoms. The number of carbonyl (C=O) groups is 2. The van der Waals surface area contributed by atoms with Crippen LogP contribution in [0, 0.1) is 0 Å². The third-order valence-electron chi connectivity index (χ3n) is 4.78. The van der Waals surface area contributed by atoms with Gasteiger partial charge in [-0.25, -0.2) is 4.79 Å². The van der Waals surface area contributed by atoms with Gasteiger partial charge in [-0.1, -0.05) is 37.3 Å². The van der Waals surface area contributed by atoms with Crippen molar-refractivity contribution >= 4 is 22.8 Å². The highest BCUT2D eigenvalue weighted by Gasteiger charge is 2.35. The van der Waals surface area contributed by atoms with E-state index in [0.717, 1.165) is 27.7 Å². The van der Waals surface area contributed by atoms with Crippen LogP contribution < -0.4 is 0 Å². The second-order valence-corrected chi connectivity index (χ2v) is 6.21. The number of furan rings is 1. The molecular formula is C20H17NO4. The highest BCUT2D eigenvalue weighted by atomic mass is 16.4. The molecule has 1 amide bonds. The molecule has 2 aromatic carbocycles. The van der Waals surface area contributed by atoms with E-state index in [1.165, 1.54) is 4.90 Å². The Balaban J connectivity index is 1.75. The first-order valence-corrected chi connectivity index (χ1v) is 8.23. The zero-order chi connectivity index (χ0) is 17.6. The number of carboxylic acids is 1. The van der Waals surface area contributed by atoms with Crippen molar-refractivity contribution in [1.29, 1.82) is 0 Å². The summed E-state index contributed by atoms with van der Waals surface area (Å²) in [5.74, 6) is -1.19. The molecule has 25 heavy (non-hydrogen) atoms. The van der Waals surface area contributed by atoms with Crippen molar-refractivity contribution in [2.24, 2.45) is 0 Å². The third kappa shape index (κ3) is 2.39. The van der Waals surface area contributed by atoms with E-state index in [-0.39, 0.29) is 5.91 Å². The highest BCUT2D eigenvalue weighted by molar-refractivity contribution is 6.02. The maximum absolute atomic E-state index is 12.7. The molecule has 1 aliphatic rings. The van der Waals surface area contributed by atoms with Gasteiger partial charge in [-0.05, 0) is 29.7 Å². The number of fused-ring (bicyclic) bond motifs is 2. The normalized spacial score (nSPS) is 14.8. The predicted octanol–water partition coefficient (Wildman–Crippen LogP) is 3.92. The summed E-state index contributed by atoms with van der Waals surface area (Å²) < 4.78 is 5.58. The zero-order valence-corrected chi connectivity index (χ0v) is 13.7. The lowest BCUT2D eigenvalue weighted by atomic mass is 10.00. The Morgan fingerprint density at radius 2 is 2.04 bits per heavy atom. The van der Waals surface area contributed by atoms with E-state index in [1.54, 1.807) is 13.2 Å². The van der Waals surface area contributed by atoms with E-state index in [2.05, 4.69) is 0 Å². The van der Waals surface area contributed by atoms with E-state index in [4.69, 9.17) is 4.42 Å². The van der Waals surface area contributed by atoms with Gasteiger partial charge < -0.3 is 14.4 Å². The monoisotopic (exact) mass is 335 g/mol. The van der Waals surface area contributed by atoms with Crippen LogP contribution in [0.3, 0.4) is 0 Å². The first kappa shape index (κ1) is 15.4. The molecule has 1 atom stereocenters. The Morgan fingerprint density at radius 3 is 2.80 bits per heavy atom. The molecule has 0 radical (unpaired) electrons. The number of aliphatic carboxylic acids is 1. The summed E-state index contributed by atoms with van der Waals surface area (Å²) in [7, 11) is 0. The van der Waals surface area contributed by atoms with E-state index in [1.807, 2.05) is 42.5 Å². The second-order valence-electron chi connectivity index (χ2n) is 6.21. The van der Waals surface area contributed by atoms with Gasteiger partial charge in [0.1, 0.15) is 11.6 Å². The molecule has 2 heterocycles. The van der Waals surface area contributed by atoms with Crippen molar-refractivity contribution in [3.8, 4) is 11.1 Å². The van der Waals surface area contributed by atoms with Crippen LogP contribution in [0.4, 0.5) is 0 Å². The van der Waals surface area contributed by atoms with Gasteiger partial charge in [0, 0.05) is 23.1 Å². The fourth-order valence-electron chi connectivity index (χ4n) is 3.47. The first-order valence-electron chi connectivity index (χ1n) is 8.23. The number of benzene rings is 2. The highest BCUT2D eigenvalue weighted by Crippen LogP contribution is 2.34. The van der Waals surface area contributed by atoms with Gasteiger partial charge in [0.2, 0.25) is 0 Å². The number of para-hydroxylation sites is 1. The molecule has 1 N–H and O–H groups in total. The lowest BCUT2D eigenvalue weighted by Crippen LogP contribution is -2.40. The average Bonchev–Trinajstić information content (AvgIpc) is 3.17. The minimum Gasteiger partial charge on any atom is -0.480 e. The fraction of sp³-hybridized carbons (Fsp3) is 0.200. The number of hydrogen-bond acceptors (Lipinski definition) is 3. The summed E-state index contributed by atoms with van der Waals surface area (Å²) in [5.41, 5.74) is 4.05. The molecule has 0 bridgehead atoms. The van der Waals surface area contributed by atoms with Crippen LogP contribution in [0.2, 0.25) is 0 Å². The lowest BCUT2D eigenvalue weighted by Gasteiger charge is -2.22. The summed E-state index contributed by atoms with van der Waals surface area (Å²) in [6, 6.07) is 12.6. The van der Waals surface area contributed by atoms with Gasteiger partial charge in [-0.2, -0.15) is 0 Å². The second kappa shape index (κ2) is 5.77. The maximum atomic E-state index is 12.7. The molecule has 126 valence electrons. The number of carbonyl (C=O) groups excluding carboxylic acids is 1. The molecular weight excluding hydrogens is 318 g/mol. The summed E-state index contributed by atoms with van der Waals surface area (Å²) in [5, 5.41) is 10.3. The minimum atomic E-state index is -0.968. The van der Waals surface area contributed by atoms with Crippen LogP contribution in [-0.4, -0.2) is 27.9 Å². The van der Waals surface area contributed by atoms with E-state index < -0.39 is 12.0 Å². The van der Waals surface area contributed by atoms with Crippen molar-refractivity contribution in [1.82, 2.24) is 4.90 Å².